The topological polar surface area (TPSA) is 109 Å². The fourth-order valence-electron chi connectivity index (χ4n) is 3.63. The number of carbonyl (C=O) groups is 2. The van der Waals surface area contributed by atoms with Crippen molar-refractivity contribution in [2.75, 3.05) is 13.7 Å². The van der Waals surface area contributed by atoms with E-state index in [-0.39, 0.29) is 22.6 Å². The highest BCUT2D eigenvalue weighted by molar-refractivity contribution is 9.10. The molecule has 8 nitrogen and oxygen atoms in total. The molecule has 0 radical (unpaired) electrons. The number of fused-ring (bicyclic) bond motifs is 1. The Bertz CT molecular complexity index is 1470. The largest absolute Gasteiger partial charge is 0.490 e. The maximum atomic E-state index is 13.1. The quantitative estimate of drug-likeness (QED) is 0.125. The Balaban J connectivity index is 1.64. The molecule has 4 aromatic rings. The lowest BCUT2D eigenvalue weighted by Gasteiger charge is -2.12. The molecule has 0 saturated carbocycles. The van der Waals surface area contributed by atoms with Gasteiger partial charge in [0.05, 0.1) is 28.8 Å². The molecule has 9 heteroatoms. The van der Waals surface area contributed by atoms with Crippen LogP contribution in [0.3, 0.4) is 0 Å². The second-order valence-electron chi connectivity index (χ2n) is 7.68. The number of aryl methyl sites for hydroxylation is 1. The number of esters is 1. The number of nitrogens with zero attached hydrogens (tertiary/aromatic N) is 2. The fraction of sp³-hybridized carbons (Fsp3) is 0.115. The number of halogens is 1. The summed E-state index contributed by atoms with van der Waals surface area (Å²) < 4.78 is 11.2. The monoisotopic (exact) mass is 534 g/mol. The lowest BCUT2D eigenvalue weighted by molar-refractivity contribution is -0.385. The van der Waals surface area contributed by atoms with Gasteiger partial charge in [0.25, 0.3) is 0 Å². The Morgan fingerprint density at radius 2 is 1.80 bits per heavy atom. The summed E-state index contributed by atoms with van der Waals surface area (Å²) in [6, 6.07) is 18.5. The average molecular weight is 535 g/mol. The number of carbonyl (C=O) groups excluding carboxylic acids is 2. The van der Waals surface area contributed by atoms with Gasteiger partial charge in [0, 0.05) is 27.1 Å². The molecule has 3 aromatic carbocycles. The third kappa shape index (κ3) is 5.04. The lowest BCUT2D eigenvalue weighted by Crippen LogP contribution is -2.15. The van der Waals surface area contributed by atoms with Gasteiger partial charge in [-0.2, -0.15) is 0 Å². The van der Waals surface area contributed by atoms with Crippen molar-refractivity contribution in [3.63, 3.8) is 0 Å². The predicted molar refractivity (Wildman–Crippen MR) is 134 cm³/mol. The molecule has 1 heterocycles. The highest BCUT2D eigenvalue weighted by Crippen LogP contribution is 2.29. The van der Waals surface area contributed by atoms with Crippen LogP contribution < -0.4 is 4.74 Å². The number of nitro groups is 1. The SMILES string of the molecule is COc1ccc(C(=O)COC(=O)c2cc(-c3ccc(Br)cc3)nc3c(C)cccc23)cc1[N+](=O)[O-]. The van der Waals surface area contributed by atoms with E-state index in [9.17, 15) is 19.7 Å². The molecule has 0 atom stereocenters. The fourth-order valence-corrected chi connectivity index (χ4v) is 3.89. The van der Waals surface area contributed by atoms with Crippen LogP contribution in [0.25, 0.3) is 22.2 Å². The smallest absolute Gasteiger partial charge is 0.339 e. The van der Waals surface area contributed by atoms with E-state index in [4.69, 9.17) is 14.5 Å². The van der Waals surface area contributed by atoms with Crippen LogP contribution in [0.15, 0.2) is 71.2 Å². The number of hydrogen-bond acceptors (Lipinski definition) is 7. The maximum absolute atomic E-state index is 13.1. The summed E-state index contributed by atoms with van der Waals surface area (Å²) in [5.41, 5.74) is 2.90. The van der Waals surface area contributed by atoms with E-state index in [0.29, 0.717) is 16.6 Å². The van der Waals surface area contributed by atoms with Gasteiger partial charge in [-0.3, -0.25) is 14.9 Å². The summed E-state index contributed by atoms with van der Waals surface area (Å²) in [4.78, 5) is 41.1. The van der Waals surface area contributed by atoms with Gasteiger partial charge in [0.1, 0.15) is 0 Å². The van der Waals surface area contributed by atoms with Gasteiger partial charge < -0.3 is 9.47 Å². The van der Waals surface area contributed by atoms with E-state index in [0.717, 1.165) is 21.7 Å². The normalized spacial score (nSPS) is 10.7. The Morgan fingerprint density at radius 1 is 1.06 bits per heavy atom. The number of benzene rings is 3. The number of aromatic nitrogens is 1. The zero-order valence-corrected chi connectivity index (χ0v) is 20.4. The van der Waals surface area contributed by atoms with Crippen molar-refractivity contribution < 1.29 is 24.0 Å². The summed E-state index contributed by atoms with van der Waals surface area (Å²) in [7, 11) is 1.30. The first-order valence-corrected chi connectivity index (χ1v) is 11.3. The van der Waals surface area contributed by atoms with Gasteiger partial charge in [0.15, 0.2) is 12.4 Å². The number of pyridine rings is 1. The van der Waals surface area contributed by atoms with Gasteiger partial charge in [0.2, 0.25) is 5.78 Å². The number of Topliss-reactive ketones (excluding diaryl/α,β-unsaturated/α-hetero) is 1. The first-order chi connectivity index (χ1) is 16.8. The van der Waals surface area contributed by atoms with E-state index in [1.807, 2.05) is 43.3 Å². The van der Waals surface area contributed by atoms with Crippen molar-refractivity contribution >= 4 is 44.3 Å². The van der Waals surface area contributed by atoms with Crippen LogP contribution in [0.1, 0.15) is 26.3 Å². The van der Waals surface area contributed by atoms with Gasteiger partial charge in [-0.1, -0.05) is 46.3 Å². The summed E-state index contributed by atoms with van der Waals surface area (Å²) in [5, 5.41) is 11.8. The van der Waals surface area contributed by atoms with Crippen LogP contribution in [-0.2, 0) is 4.74 Å². The Labute approximate surface area is 208 Å². The van der Waals surface area contributed by atoms with Gasteiger partial charge in [-0.15, -0.1) is 0 Å². The molecule has 0 N–H and O–H groups in total. The van der Waals surface area contributed by atoms with Crippen molar-refractivity contribution in [2.24, 2.45) is 0 Å². The van der Waals surface area contributed by atoms with Crippen molar-refractivity contribution in [3.8, 4) is 17.0 Å². The molecule has 0 aliphatic heterocycles. The van der Waals surface area contributed by atoms with E-state index in [2.05, 4.69) is 15.9 Å². The minimum absolute atomic E-state index is 0.0302. The molecular weight excluding hydrogens is 516 g/mol. The summed E-state index contributed by atoms with van der Waals surface area (Å²) in [6.07, 6.45) is 0. The van der Waals surface area contributed by atoms with E-state index >= 15 is 0 Å². The van der Waals surface area contributed by atoms with Crippen molar-refractivity contribution in [3.05, 3.63) is 98.0 Å². The number of methoxy groups -OCH3 is 1. The minimum Gasteiger partial charge on any atom is -0.490 e. The van der Waals surface area contributed by atoms with Crippen LogP contribution in [0.4, 0.5) is 5.69 Å². The molecule has 0 unspecified atom stereocenters. The molecular formula is C26H19BrN2O6. The van der Waals surface area contributed by atoms with Gasteiger partial charge in [-0.05, 0) is 42.8 Å². The van der Waals surface area contributed by atoms with Crippen molar-refractivity contribution in [1.29, 1.82) is 0 Å². The molecule has 35 heavy (non-hydrogen) atoms. The number of para-hydroxylation sites is 1. The van der Waals surface area contributed by atoms with Crippen LogP contribution in [0, 0.1) is 17.0 Å². The molecule has 0 fully saturated rings. The lowest BCUT2D eigenvalue weighted by atomic mass is 10.0. The van der Waals surface area contributed by atoms with E-state index < -0.39 is 23.3 Å². The Morgan fingerprint density at radius 3 is 2.49 bits per heavy atom. The predicted octanol–water partition coefficient (Wildman–Crippen LogP) is 5.93. The Kier molecular flexibility index (Phi) is 6.88. The number of rotatable bonds is 7. The second kappa shape index (κ2) is 10.0. The summed E-state index contributed by atoms with van der Waals surface area (Å²) in [6.45, 7) is 1.32. The van der Waals surface area contributed by atoms with E-state index in [1.54, 1.807) is 12.1 Å². The third-order valence-corrected chi connectivity index (χ3v) is 5.96. The first-order valence-electron chi connectivity index (χ1n) is 10.5. The van der Waals surface area contributed by atoms with Crippen LogP contribution >= 0.6 is 15.9 Å². The molecule has 0 amide bonds. The molecule has 176 valence electrons. The maximum Gasteiger partial charge on any atom is 0.339 e. The van der Waals surface area contributed by atoms with Gasteiger partial charge >= 0.3 is 11.7 Å². The molecule has 1 aromatic heterocycles. The standard InChI is InChI=1S/C26H19BrN2O6/c1-15-4-3-5-19-20(13-21(28-25(15)19)16-6-9-18(27)10-7-16)26(31)35-14-23(30)17-8-11-24(34-2)22(12-17)29(32)33/h3-13H,14H2,1-2H3. The molecule has 4 rings (SSSR count). The highest BCUT2D eigenvalue weighted by atomic mass is 79.9. The summed E-state index contributed by atoms with van der Waals surface area (Å²) in [5.74, 6) is -1.24. The molecule has 0 bridgehead atoms. The molecule has 0 spiro atoms. The zero-order chi connectivity index (χ0) is 25.1. The zero-order valence-electron chi connectivity index (χ0n) is 18.8. The molecule has 0 saturated heterocycles. The van der Waals surface area contributed by atoms with Crippen LogP contribution in [0.5, 0.6) is 5.75 Å². The summed E-state index contributed by atoms with van der Waals surface area (Å²) >= 11 is 3.41. The first kappa shape index (κ1) is 24.0. The second-order valence-corrected chi connectivity index (χ2v) is 8.59. The van der Waals surface area contributed by atoms with Crippen molar-refractivity contribution in [1.82, 2.24) is 4.98 Å². The number of nitro benzene ring substituents is 1. The Hall–Kier alpha value is -4.11. The minimum atomic E-state index is -0.697. The molecule has 0 aliphatic carbocycles. The van der Waals surface area contributed by atoms with Crippen LogP contribution in [-0.4, -0.2) is 35.4 Å². The van der Waals surface area contributed by atoms with E-state index in [1.165, 1.54) is 19.2 Å². The number of hydrogen-bond donors (Lipinski definition) is 0. The van der Waals surface area contributed by atoms with Crippen molar-refractivity contribution in [2.45, 2.75) is 6.92 Å². The highest BCUT2D eigenvalue weighted by Gasteiger charge is 2.21. The number of ether oxygens (including phenoxy) is 2. The van der Waals surface area contributed by atoms with Crippen LogP contribution in [0.2, 0.25) is 0 Å². The van der Waals surface area contributed by atoms with Gasteiger partial charge in [-0.25, -0.2) is 9.78 Å². The third-order valence-electron chi connectivity index (χ3n) is 5.43. The molecule has 0 aliphatic rings. The number of ketones is 1. The average Bonchev–Trinajstić information content (AvgIpc) is 2.86.